The standard InChI is InChI=1S/C20H30N2O5/c1-14-12-16(18(23)24)6-7-17(14)26-11-10-21-8-9-22(15(2)13-21)19(25)27-20(3,4)5/h6-7,12,15H,8-11,13H2,1-5H3,(H,23,24)/t15-/m1/s1. The van der Waals surface area contributed by atoms with Gasteiger partial charge in [-0.25, -0.2) is 9.59 Å². The van der Waals surface area contributed by atoms with Crippen LogP contribution < -0.4 is 4.74 Å². The minimum Gasteiger partial charge on any atom is -0.492 e. The van der Waals surface area contributed by atoms with Gasteiger partial charge >= 0.3 is 12.1 Å². The Hall–Kier alpha value is -2.28. The zero-order valence-corrected chi connectivity index (χ0v) is 16.8. The lowest BCUT2D eigenvalue weighted by atomic mass is 10.1. The smallest absolute Gasteiger partial charge is 0.410 e. The first-order valence-corrected chi connectivity index (χ1v) is 9.25. The van der Waals surface area contributed by atoms with E-state index in [0.717, 1.165) is 25.2 Å². The van der Waals surface area contributed by atoms with Crippen molar-refractivity contribution in [3.8, 4) is 5.75 Å². The van der Waals surface area contributed by atoms with E-state index in [1.54, 1.807) is 23.1 Å². The van der Waals surface area contributed by atoms with Crippen LogP contribution >= 0.6 is 0 Å². The lowest BCUT2D eigenvalue weighted by Gasteiger charge is -2.40. The number of carbonyl (C=O) groups excluding carboxylic acids is 1. The molecule has 1 aliphatic rings. The van der Waals surface area contributed by atoms with E-state index in [9.17, 15) is 9.59 Å². The Morgan fingerprint density at radius 2 is 1.96 bits per heavy atom. The fourth-order valence-corrected chi connectivity index (χ4v) is 3.06. The largest absolute Gasteiger partial charge is 0.492 e. The van der Waals surface area contributed by atoms with Crippen LogP contribution in [0.5, 0.6) is 5.75 Å². The van der Waals surface area contributed by atoms with Crippen LogP contribution in [-0.4, -0.2) is 71.4 Å². The van der Waals surface area contributed by atoms with Crippen molar-refractivity contribution in [3.05, 3.63) is 29.3 Å². The quantitative estimate of drug-likeness (QED) is 0.848. The van der Waals surface area contributed by atoms with E-state index in [0.29, 0.717) is 18.9 Å². The van der Waals surface area contributed by atoms with Gasteiger partial charge in [0.15, 0.2) is 0 Å². The van der Waals surface area contributed by atoms with Gasteiger partial charge in [0.1, 0.15) is 18.0 Å². The fraction of sp³-hybridized carbons (Fsp3) is 0.600. The summed E-state index contributed by atoms with van der Waals surface area (Å²) in [7, 11) is 0. The first kappa shape index (κ1) is 21.0. The van der Waals surface area contributed by atoms with Gasteiger partial charge in [0.05, 0.1) is 5.56 Å². The van der Waals surface area contributed by atoms with Crippen molar-refractivity contribution in [2.24, 2.45) is 0 Å². The minimum atomic E-state index is -0.943. The molecule has 27 heavy (non-hydrogen) atoms. The summed E-state index contributed by atoms with van der Waals surface area (Å²) in [5.41, 5.74) is 0.570. The molecule has 1 heterocycles. The number of carboxylic acids is 1. The van der Waals surface area contributed by atoms with Crippen LogP contribution in [0.25, 0.3) is 0 Å². The first-order chi connectivity index (χ1) is 12.6. The fourth-order valence-electron chi connectivity index (χ4n) is 3.06. The van der Waals surface area contributed by atoms with Gasteiger partial charge in [-0.1, -0.05) is 0 Å². The van der Waals surface area contributed by atoms with E-state index >= 15 is 0 Å². The molecule has 2 rings (SSSR count). The van der Waals surface area contributed by atoms with Crippen molar-refractivity contribution in [2.75, 3.05) is 32.8 Å². The van der Waals surface area contributed by atoms with E-state index in [1.807, 2.05) is 34.6 Å². The molecule has 1 fully saturated rings. The molecule has 150 valence electrons. The van der Waals surface area contributed by atoms with Gasteiger partial charge in [-0.05, 0) is 58.4 Å². The van der Waals surface area contributed by atoms with Crippen LogP contribution in [0.4, 0.5) is 4.79 Å². The number of hydrogen-bond donors (Lipinski definition) is 1. The molecule has 1 saturated heterocycles. The number of nitrogens with zero attached hydrogens (tertiary/aromatic N) is 2. The number of benzene rings is 1. The molecule has 0 unspecified atom stereocenters. The molecular weight excluding hydrogens is 348 g/mol. The lowest BCUT2D eigenvalue weighted by Crippen LogP contribution is -2.55. The van der Waals surface area contributed by atoms with E-state index < -0.39 is 11.6 Å². The molecule has 1 aromatic rings. The molecule has 1 atom stereocenters. The summed E-state index contributed by atoms with van der Waals surface area (Å²) >= 11 is 0. The van der Waals surface area contributed by atoms with Crippen molar-refractivity contribution < 1.29 is 24.2 Å². The summed E-state index contributed by atoms with van der Waals surface area (Å²) in [5, 5.41) is 9.01. The van der Waals surface area contributed by atoms with Crippen LogP contribution in [0.3, 0.4) is 0 Å². The van der Waals surface area contributed by atoms with Gasteiger partial charge in [0, 0.05) is 32.2 Å². The first-order valence-electron chi connectivity index (χ1n) is 9.25. The highest BCUT2D eigenvalue weighted by Crippen LogP contribution is 2.20. The average Bonchev–Trinajstić information content (AvgIpc) is 2.54. The maximum atomic E-state index is 12.3. The van der Waals surface area contributed by atoms with Crippen LogP contribution in [0.1, 0.15) is 43.6 Å². The molecule has 0 radical (unpaired) electrons. The summed E-state index contributed by atoms with van der Waals surface area (Å²) in [6, 6.07) is 4.93. The van der Waals surface area contributed by atoms with Crippen LogP contribution in [0, 0.1) is 6.92 Å². The Kier molecular flexibility index (Phi) is 6.70. The van der Waals surface area contributed by atoms with Gasteiger partial charge in [0.25, 0.3) is 0 Å². The van der Waals surface area contributed by atoms with E-state index in [-0.39, 0.29) is 17.7 Å². The van der Waals surface area contributed by atoms with Gasteiger partial charge in [-0.3, -0.25) is 4.90 Å². The number of aryl methyl sites for hydroxylation is 1. The molecule has 7 heteroatoms. The Labute approximate surface area is 160 Å². The summed E-state index contributed by atoms with van der Waals surface area (Å²) in [6.45, 7) is 12.9. The third kappa shape index (κ3) is 6.13. The molecule has 0 spiro atoms. The number of amides is 1. The molecule has 1 aliphatic heterocycles. The third-order valence-electron chi connectivity index (χ3n) is 4.43. The van der Waals surface area contributed by atoms with Crippen LogP contribution in [-0.2, 0) is 4.74 Å². The van der Waals surface area contributed by atoms with Gasteiger partial charge in [-0.15, -0.1) is 0 Å². The van der Waals surface area contributed by atoms with Crippen molar-refractivity contribution in [3.63, 3.8) is 0 Å². The van der Waals surface area contributed by atoms with E-state index in [4.69, 9.17) is 14.6 Å². The third-order valence-corrected chi connectivity index (χ3v) is 4.43. The number of piperazine rings is 1. The van der Waals surface area contributed by atoms with Crippen LogP contribution in [0.2, 0.25) is 0 Å². The lowest BCUT2D eigenvalue weighted by molar-refractivity contribution is 0.000337. The summed E-state index contributed by atoms with van der Waals surface area (Å²) in [4.78, 5) is 27.3. The molecule has 7 nitrogen and oxygen atoms in total. The minimum absolute atomic E-state index is 0.0742. The summed E-state index contributed by atoms with van der Waals surface area (Å²) < 4.78 is 11.3. The number of carbonyl (C=O) groups is 2. The Morgan fingerprint density at radius 3 is 2.52 bits per heavy atom. The maximum Gasteiger partial charge on any atom is 0.410 e. The Balaban J connectivity index is 1.80. The number of rotatable bonds is 5. The molecule has 0 aromatic heterocycles. The number of carboxylic acid groups (broad SMARTS) is 1. The monoisotopic (exact) mass is 378 g/mol. The number of aromatic carboxylic acids is 1. The molecule has 1 amide bonds. The van der Waals surface area contributed by atoms with E-state index in [1.165, 1.54) is 0 Å². The molecule has 1 aromatic carbocycles. The number of hydrogen-bond acceptors (Lipinski definition) is 5. The zero-order valence-electron chi connectivity index (χ0n) is 16.8. The normalized spacial score (nSPS) is 18.3. The SMILES string of the molecule is Cc1cc(C(=O)O)ccc1OCCN1CCN(C(=O)OC(C)(C)C)[C@H](C)C1. The summed E-state index contributed by atoms with van der Waals surface area (Å²) in [5.74, 6) is -0.248. The predicted octanol–water partition coefficient (Wildman–Crippen LogP) is 3.01. The van der Waals surface area contributed by atoms with Crippen LogP contribution in [0.15, 0.2) is 18.2 Å². The van der Waals surface area contributed by atoms with Crippen molar-refractivity contribution in [1.82, 2.24) is 9.80 Å². The second kappa shape index (κ2) is 8.61. The molecule has 0 aliphatic carbocycles. The van der Waals surface area contributed by atoms with Gasteiger partial charge < -0.3 is 19.5 Å². The van der Waals surface area contributed by atoms with Gasteiger partial charge in [-0.2, -0.15) is 0 Å². The highest BCUT2D eigenvalue weighted by molar-refractivity contribution is 5.88. The second-order valence-corrected chi connectivity index (χ2v) is 7.96. The molecule has 0 bridgehead atoms. The van der Waals surface area contributed by atoms with E-state index in [2.05, 4.69) is 4.90 Å². The molecule has 1 N–H and O–H groups in total. The highest BCUT2D eigenvalue weighted by atomic mass is 16.6. The second-order valence-electron chi connectivity index (χ2n) is 7.96. The Morgan fingerprint density at radius 1 is 1.26 bits per heavy atom. The van der Waals surface area contributed by atoms with Crippen molar-refractivity contribution in [1.29, 1.82) is 0 Å². The topological polar surface area (TPSA) is 79.3 Å². The predicted molar refractivity (Wildman–Crippen MR) is 102 cm³/mol. The maximum absolute atomic E-state index is 12.3. The number of ether oxygens (including phenoxy) is 2. The van der Waals surface area contributed by atoms with Crippen molar-refractivity contribution in [2.45, 2.75) is 46.3 Å². The van der Waals surface area contributed by atoms with Gasteiger partial charge in [0.2, 0.25) is 0 Å². The summed E-state index contributed by atoms with van der Waals surface area (Å²) in [6.07, 6.45) is -0.264. The molecule has 0 saturated carbocycles. The Bertz CT molecular complexity index is 683. The molecular formula is C20H30N2O5. The zero-order chi connectivity index (χ0) is 20.2. The highest BCUT2D eigenvalue weighted by Gasteiger charge is 2.30. The average molecular weight is 378 g/mol. The van der Waals surface area contributed by atoms with Crippen molar-refractivity contribution >= 4 is 12.1 Å².